The number of imide groups is 1. The summed E-state index contributed by atoms with van der Waals surface area (Å²) in [5.41, 5.74) is -0.581. The molecular formula is C18H23FN4O4. The van der Waals surface area contributed by atoms with Crippen molar-refractivity contribution in [2.75, 3.05) is 25.5 Å². The van der Waals surface area contributed by atoms with Gasteiger partial charge in [0.25, 0.3) is 5.91 Å². The van der Waals surface area contributed by atoms with Gasteiger partial charge in [-0.05, 0) is 37.1 Å². The zero-order valence-electron chi connectivity index (χ0n) is 15.5. The Morgan fingerprint density at radius 1 is 1.19 bits per heavy atom. The third-order valence-corrected chi connectivity index (χ3v) is 4.68. The van der Waals surface area contributed by atoms with Crippen molar-refractivity contribution in [3.05, 3.63) is 30.1 Å². The average molecular weight is 378 g/mol. The van der Waals surface area contributed by atoms with E-state index >= 15 is 0 Å². The van der Waals surface area contributed by atoms with Crippen molar-refractivity contribution in [1.29, 1.82) is 0 Å². The summed E-state index contributed by atoms with van der Waals surface area (Å²) in [4.78, 5) is 50.9. The van der Waals surface area contributed by atoms with Crippen molar-refractivity contribution in [2.45, 2.75) is 32.2 Å². The normalized spacial score (nSPS) is 15.5. The molecule has 9 heteroatoms. The first-order valence-corrected chi connectivity index (χ1v) is 8.66. The maximum absolute atomic E-state index is 12.9. The summed E-state index contributed by atoms with van der Waals surface area (Å²) in [6.45, 7) is 2.87. The fourth-order valence-corrected chi connectivity index (χ4v) is 2.84. The molecule has 0 radical (unpaired) electrons. The van der Waals surface area contributed by atoms with Crippen LogP contribution in [0.4, 0.5) is 14.9 Å². The van der Waals surface area contributed by atoms with E-state index in [1.807, 2.05) is 0 Å². The molecule has 0 spiro atoms. The summed E-state index contributed by atoms with van der Waals surface area (Å²) in [6, 6.07) is 4.60. The van der Waals surface area contributed by atoms with E-state index in [0.29, 0.717) is 18.5 Å². The second kappa shape index (κ2) is 8.15. The molecule has 1 fully saturated rings. The van der Waals surface area contributed by atoms with E-state index in [2.05, 4.69) is 10.6 Å². The Bertz CT molecular complexity index is 746. The highest BCUT2D eigenvalue weighted by Crippen LogP contribution is 2.24. The second-order valence-electron chi connectivity index (χ2n) is 6.42. The monoisotopic (exact) mass is 378 g/mol. The van der Waals surface area contributed by atoms with Crippen LogP contribution in [0.5, 0.6) is 0 Å². The number of hydrogen-bond acceptors (Lipinski definition) is 4. The fourth-order valence-electron chi connectivity index (χ4n) is 2.84. The number of carbonyl (C=O) groups is 4. The highest BCUT2D eigenvalue weighted by Gasteiger charge is 2.49. The van der Waals surface area contributed by atoms with Crippen molar-refractivity contribution in [3.63, 3.8) is 0 Å². The molecule has 1 aliphatic rings. The van der Waals surface area contributed by atoms with Gasteiger partial charge in [-0.2, -0.15) is 0 Å². The highest BCUT2D eigenvalue weighted by molar-refractivity contribution is 6.09. The van der Waals surface area contributed by atoms with Crippen molar-refractivity contribution < 1.29 is 23.6 Å². The van der Waals surface area contributed by atoms with E-state index < -0.39 is 41.7 Å². The molecule has 0 unspecified atom stereocenters. The number of benzene rings is 1. The molecule has 1 aliphatic heterocycles. The topological polar surface area (TPSA) is 98.8 Å². The van der Waals surface area contributed by atoms with Crippen molar-refractivity contribution >= 4 is 29.4 Å². The first-order chi connectivity index (χ1) is 12.7. The Morgan fingerprint density at radius 3 is 2.30 bits per heavy atom. The summed E-state index contributed by atoms with van der Waals surface area (Å²) >= 11 is 0. The lowest BCUT2D eigenvalue weighted by Gasteiger charge is -2.24. The summed E-state index contributed by atoms with van der Waals surface area (Å²) in [6.07, 6.45) is 0.851. The minimum absolute atomic E-state index is 0.271. The molecule has 2 rings (SSSR count). The summed E-state index contributed by atoms with van der Waals surface area (Å²) in [5, 5.41) is 5.18. The maximum Gasteiger partial charge on any atom is 0.325 e. The molecule has 1 aromatic carbocycles. The lowest BCUT2D eigenvalue weighted by atomic mass is 9.93. The van der Waals surface area contributed by atoms with Gasteiger partial charge in [0, 0.05) is 12.7 Å². The van der Waals surface area contributed by atoms with Crippen LogP contribution < -0.4 is 10.6 Å². The Kier molecular flexibility index (Phi) is 6.14. The molecule has 8 nitrogen and oxygen atoms in total. The van der Waals surface area contributed by atoms with Crippen LogP contribution in [0, 0.1) is 5.82 Å². The number of carbonyl (C=O) groups excluding carboxylic acids is 4. The van der Waals surface area contributed by atoms with Crippen molar-refractivity contribution in [2.24, 2.45) is 0 Å². The number of likely N-dealkylation sites (N-methyl/N-ethyl adjacent to an activating group) is 1. The van der Waals surface area contributed by atoms with Crippen molar-refractivity contribution in [3.8, 4) is 0 Å². The number of nitrogens with zero attached hydrogens (tertiary/aromatic N) is 2. The van der Waals surface area contributed by atoms with Crippen LogP contribution in [0.3, 0.4) is 0 Å². The molecule has 0 atom stereocenters. The highest BCUT2D eigenvalue weighted by atomic mass is 19.1. The molecule has 0 aliphatic carbocycles. The molecule has 1 aromatic rings. The third kappa shape index (κ3) is 4.42. The largest absolute Gasteiger partial charge is 0.335 e. The number of halogens is 1. The number of rotatable bonds is 7. The average Bonchev–Trinajstić information content (AvgIpc) is 2.88. The smallest absolute Gasteiger partial charge is 0.325 e. The molecule has 5 amide bonds. The lowest BCUT2D eigenvalue weighted by Crippen LogP contribution is -2.47. The zero-order valence-corrected chi connectivity index (χ0v) is 15.5. The molecule has 0 bridgehead atoms. The van der Waals surface area contributed by atoms with Gasteiger partial charge in [-0.25, -0.2) is 9.18 Å². The quantitative estimate of drug-likeness (QED) is 0.700. The van der Waals surface area contributed by atoms with Gasteiger partial charge in [-0.1, -0.05) is 13.8 Å². The molecule has 0 saturated carbocycles. The summed E-state index contributed by atoms with van der Waals surface area (Å²) in [7, 11) is 1.40. The van der Waals surface area contributed by atoms with E-state index in [1.54, 1.807) is 13.8 Å². The van der Waals surface area contributed by atoms with Gasteiger partial charge in [0.2, 0.25) is 11.8 Å². The first-order valence-electron chi connectivity index (χ1n) is 8.66. The minimum Gasteiger partial charge on any atom is -0.335 e. The van der Waals surface area contributed by atoms with Gasteiger partial charge in [0.1, 0.15) is 17.9 Å². The van der Waals surface area contributed by atoms with Gasteiger partial charge < -0.3 is 15.5 Å². The van der Waals surface area contributed by atoms with Crippen molar-refractivity contribution in [1.82, 2.24) is 15.1 Å². The molecule has 2 N–H and O–H groups in total. The number of hydrogen-bond donors (Lipinski definition) is 2. The number of anilines is 1. The predicted molar refractivity (Wildman–Crippen MR) is 96.2 cm³/mol. The van der Waals surface area contributed by atoms with Crippen LogP contribution in [0.25, 0.3) is 0 Å². The molecule has 0 aromatic heterocycles. The molecule has 1 heterocycles. The van der Waals surface area contributed by atoms with Crippen LogP contribution in [0.15, 0.2) is 24.3 Å². The molecule has 27 heavy (non-hydrogen) atoms. The van der Waals surface area contributed by atoms with Gasteiger partial charge >= 0.3 is 6.03 Å². The van der Waals surface area contributed by atoms with Crippen LogP contribution in [-0.4, -0.2) is 59.2 Å². The summed E-state index contributed by atoms with van der Waals surface area (Å²) in [5.74, 6) is -1.89. The van der Waals surface area contributed by atoms with E-state index in [4.69, 9.17) is 0 Å². The van der Waals surface area contributed by atoms with Gasteiger partial charge in [-0.3, -0.25) is 19.3 Å². The predicted octanol–water partition coefficient (Wildman–Crippen LogP) is 1.33. The molecule has 1 saturated heterocycles. The fraction of sp³-hybridized carbons (Fsp3) is 0.444. The Labute approximate surface area is 156 Å². The number of urea groups is 1. The maximum atomic E-state index is 12.9. The van der Waals surface area contributed by atoms with E-state index in [-0.39, 0.29) is 6.54 Å². The van der Waals surface area contributed by atoms with Crippen LogP contribution in [0.1, 0.15) is 26.7 Å². The summed E-state index contributed by atoms with van der Waals surface area (Å²) < 4.78 is 12.9. The van der Waals surface area contributed by atoms with E-state index in [1.165, 1.54) is 31.3 Å². The molecule has 146 valence electrons. The SMILES string of the molecule is CCC1(CC)NC(=O)N(CC(=O)N(C)CC(=O)Nc2ccc(F)cc2)C1=O. The first kappa shape index (κ1) is 20.3. The Hall–Kier alpha value is -2.97. The third-order valence-electron chi connectivity index (χ3n) is 4.68. The van der Waals surface area contributed by atoms with E-state index in [9.17, 15) is 23.6 Å². The zero-order chi connectivity index (χ0) is 20.2. The Morgan fingerprint density at radius 2 is 1.78 bits per heavy atom. The minimum atomic E-state index is -0.976. The van der Waals surface area contributed by atoms with Crippen LogP contribution in [0.2, 0.25) is 0 Å². The lowest BCUT2D eigenvalue weighted by molar-refractivity contribution is -0.139. The van der Waals surface area contributed by atoms with Crippen LogP contribution in [-0.2, 0) is 14.4 Å². The van der Waals surface area contributed by atoms with Gasteiger partial charge in [-0.15, -0.1) is 0 Å². The second-order valence-corrected chi connectivity index (χ2v) is 6.42. The van der Waals surface area contributed by atoms with E-state index in [0.717, 1.165) is 9.80 Å². The van der Waals surface area contributed by atoms with Crippen LogP contribution >= 0.6 is 0 Å². The van der Waals surface area contributed by atoms with Gasteiger partial charge in [0.15, 0.2) is 0 Å². The standard InChI is InChI=1S/C18H23FN4O4/c1-4-18(5-2)16(26)23(17(27)21-18)11-15(25)22(3)10-14(24)20-13-8-6-12(19)7-9-13/h6-9H,4-5,10-11H2,1-3H3,(H,20,24)(H,21,27). The Balaban J connectivity index is 1.93. The number of amides is 5. The number of nitrogens with one attached hydrogen (secondary N) is 2. The van der Waals surface area contributed by atoms with Gasteiger partial charge in [0.05, 0.1) is 6.54 Å². The molecular weight excluding hydrogens is 355 g/mol.